The van der Waals surface area contributed by atoms with Gasteiger partial charge >= 0.3 is 0 Å². The van der Waals surface area contributed by atoms with Crippen LogP contribution in [0.1, 0.15) is 17.4 Å². The van der Waals surface area contributed by atoms with Crippen LogP contribution in [-0.2, 0) is 7.05 Å². The predicted octanol–water partition coefficient (Wildman–Crippen LogP) is 3.24. The van der Waals surface area contributed by atoms with Gasteiger partial charge in [0.1, 0.15) is 24.4 Å². The number of aryl methyl sites for hydroxylation is 1. The molecule has 1 aromatic heterocycles. The van der Waals surface area contributed by atoms with Crippen LogP contribution in [0.4, 0.5) is 8.78 Å². The molecule has 0 saturated heterocycles. The van der Waals surface area contributed by atoms with Crippen LogP contribution in [0, 0.1) is 11.6 Å². The fourth-order valence-electron chi connectivity index (χ4n) is 2.76. The van der Waals surface area contributed by atoms with Gasteiger partial charge in [-0.2, -0.15) is 0 Å². The van der Waals surface area contributed by atoms with Gasteiger partial charge in [0.2, 0.25) is 0 Å². The second-order valence-corrected chi connectivity index (χ2v) is 6.19. The number of nitrogens with zero attached hydrogens (tertiary/aromatic N) is 2. The number of hydrogen-bond acceptors (Lipinski definition) is 4. The van der Waals surface area contributed by atoms with E-state index in [1.807, 2.05) is 11.6 Å². The quantitative estimate of drug-likeness (QED) is 0.599. The average molecular weight is 410 g/mol. The van der Waals surface area contributed by atoms with E-state index in [-0.39, 0.29) is 37.1 Å². The Hall–Kier alpha value is -2.48. The van der Waals surface area contributed by atoms with Gasteiger partial charge in [0.25, 0.3) is 0 Å². The van der Waals surface area contributed by atoms with Crippen molar-refractivity contribution in [2.24, 2.45) is 7.05 Å². The summed E-state index contributed by atoms with van der Waals surface area (Å²) in [5.74, 6) is -0.0644. The highest BCUT2D eigenvalue weighted by Gasteiger charge is 2.20. The largest absolute Gasteiger partial charge is 0.488 e. The first-order valence-electron chi connectivity index (χ1n) is 8.56. The molecule has 0 radical (unpaired) electrons. The fourth-order valence-corrected chi connectivity index (χ4v) is 2.76. The lowest BCUT2D eigenvalue weighted by Gasteiger charge is -2.21. The van der Waals surface area contributed by atoms with Crippen molar-refractivity contribution in [3.8, 4) is 5.75 Å². The molecular formula is C20H22ClF2N3O2. The van der Waals surface area contributed by atoms with E-state index < -0.39 is 18.0 Å². The summed E-state index contributed by atoms with van der Waals surface area (Å²) in [6, 6.07) is 11.8. The fraction of sp³-hybridized carbons (Fsp3) is 0.250. The Bertz CT molecular complexity index is 891. The van der Waals surface area contributed by atoms with Crippen LogP contribution in [0.25, 0.3) is 0 Å². The molecule has 0 aliphatic heterocycles. The van der Waals surface area contributed by atoms with Gasteiger partial charge < -0.3 is 19.7 Å². The summed E-state index contributed by atoms with van der Waals surface area (Å²) >= 11 is 0. The second-order valence-electron chi connectivity index (χ2n) is 6.19. The van der Waals surface area contributed by atoms with E-state index in [1.54, 1.807) is 36.7 Å². The van der Waals surface area contributed by atoms with Crippen molar-refractivity contribution in [1.29, 1.82) is 0 Å². The standard InChI is InChI=1S/C20H21F2N3O2.ClH/c1-25-10-9-23-20(25)19(14-5-4-6-15(21)11-14)24-12-16(26)13-27-18-8-3-2-7-17(18)22;/h2-11,16,19,24,26H,12-13H2,1H3;1H. The van der Waals surface area contributed by atoms with E-state index in [0.29, 0.717) is 11.4 Å². The highest BCUT2D eigenvalue weighted by molar-refractivity contribution is 5.85. The van der Waals surface area contributed by atoms with Crippen LogP contribution in [0.2, 0.25) is 0 Å². The highest BCUT2D eigenvalue weighted by Crippen LogP contribution is 2.21. The van der Waals surface area contributed by atoms with Gasteiger partial charge in [-0.1, -0.05) is 24.3 Å². The number of ether oxygens (including phenoxy) is 1. The number of hydrogen-bond donors (Lipinski definition) is 2. The molecule has 2 atom stereocenters. The summed E-state index contributed by atoms with van der Waals surface area (Å²) in [6.45, 7) is 0.0763. The summed E-state index contributed by atoms with van der Waals surface area (Å²) in [5, 5.41) is 13.4. The van der Waals surface area contributed by atoms with Gasteiger partial charge in [0.15, 0.2) is 11.6 Å². The molecule has 0 bridgehead atoms. The molecule has 1 heterocycles. The van der Waals surface area contributed by atoms with E-state index in [1.165, 1.54) is 24.3 Å². The van der Waals surface area contributed by atoms with Gasteiger partial charge in [-0.15, -0.1) is 12.4 Å². The SMILES string of the molecule is Cl.Cn1ccnc1C(NCC(O)COc1ccccc1F)c1cccc(F)c1. The molecule has 2 aromatic carbocycles. The zero-order valence-electron chi connectivity index (χ0n) is 15.3. The number of benzene rings is 2. The molecule has 150 valence electrons. The molecule has 28 heavy (non-hydrogen) atoms. The maximum Gasteiger partial charge on any atom is 0.165 e. The summed E-state index contributed by atoms with van der Waals surface area (Å²) in [6.07, 6.45) is 2.56. The molecule has 0 saturated carbocycles. The Morgan fingerprint density at radius 1 is 1.18 bits per heavy atom. The van der Waals surface area contributed by atoms with E-state index >= 15 is 0 Å². The highest BCUT2D eigenvalue weighted by atomic mass is 35.5. The van der Waals surface area contributed by atoms with E-state index in [2.05, 4.69) is 10.3 Å². The second kappa shape index (κ2) is 10.2. The lowest BCUT2D eigenvalue weighted by molar-refractivity contribution is 0.102. The van der Waals surface area contributed by atoms with Gasteiger partial charge in [-0.05, 0) is 29.8 Å². The van der Waals surface area contributed by atoms with Crippen molar-refractivity contribution >= 4 is 12.4 Å². The minimum absolute atomic E-state index is 0. The Labute approximate surface area is 168 Å². The predicted molar refractivity (Wildman–Crippen MR) is 105 cm³/mol. The van der Waals surface area contributed by atoms with Gasteiger partial charge in [-0.25, -0.2) is 13.8 Å². The third-order valence-electron chi connectivity index (χ3n) is 4.12. The number of nitrogens with one attached hydrogen (secondary N) is 1. The van der Waals surface area contributed by atoms with E-state index in [0.717, 1.165) is 0 Å². The number of aliphatic hydroxyl groups is 1. The molecule has 2 unspecified atom stereocenters. The summed E-state index contributed by atoms with van der Waals surface area (Å²) in [7, 11) is 1.84. The van der Waals surface area contributed by atoms with E-state index in [4.69, 9.17) is 4.74 Å². The van der Waals surface area contributed by atoms with Crippen molar-refractivity contribution in [3.63, 3.8) is 0 Å². The number of para-hydroxylation sites is 1. The summed E-state index contributed by atoms with van der Waals surface area (Å²) in [4.78, 5) is 4.32. The van der Waals surface area contributed by atoms with Crippen LogP contribution in [0.5, 0.6) is 5.75 Å². The van der Waals surface area contributed by atoms with Crippen LogP contribution in [0.15, 0.2) is 60.9 Å². The molecule has 5 nitrogen and oxygen atoms in total. The van der Waals surface area contributed by atoms with Crippen molar-refractivity contribution < 1.29 is 18.6 Å². The first-order valence-corrected chi connectivity index (χ1v) is 8.56. The Morgan fingerprint density at radius 3 is 2.64 bits per heavy atom. The topological polar surface area (TPSA) is 59.3 Å². The van der Waals surface area contributed by atoms with Crippen LogP contribution >= 0.6 is 12.4 Å². The van der Waals surface area contributed by atoms with Crippen molar-refractivity contribution in [2.45, 2.75) is 12.1 Å². The molecule has 8 heteroatoms. The van der Waals surface area contributed by atoms with Gasteiger partial charge in [0.05, 0.1) is 6.04 Å². The average Bonchev–Trinajstić information content (AvgIpc) is 3.07. The summed E-state index contributed by atoms with van der Waals surface area (Å²) < 4.78 is 34.4. The maximum atomic E-state index is 13.7. The van der Waals surface area contributed by atoms with Crippen molar-refractivity contribution in [1.82, 2.24) is 14.9 Å². The molecule has 0 amide bonds. The van der Waals surface area contributed by atoms with Gasteiger partial charge in [0, 0.05) is 26.0 Å². The lowest BCUT2D eigenvalue weighted by atomic mass is 10.1. The molecule has 0 fully saturated rings. The van der Waals surface area contributed by atoms with Crippen LogP contribution < -0.4 is 10.1 Å². The third kappa shape index (κ3) is 5.51. The first kappa shape index (κ1) is 21.8. The van der Waals surface area contributed by atoms with Crippen LogP contribution in [0.3, 0.4) is 0 Å². The maximum absolute atomic E-state index is 13.7. The minimum Gasteiger partial charge on any atom is -0.488 e. The summed E-state index contributed by atoms with van der Waals surface area (Å²) in [5.41, 5.74) is 0.687. The van der Waals surface area contributed by atoms with Crippen LogP contribution in [-0.4, -0.2) is 33.9 Å². The number of rotatable bonds is 8. The molecule has 3 aromatic rings. The molecular weight excluding hydrogens is 388 g/mol. The normalized spacial score (nSPS) is 12.9. The molecule has 0 aliphatic rings. The number of imidazole rings is 1. The lowest BCUT2D eigenvalue weighted by Crippen LogP contribution is -2.35. The number of halogens is 3. The van der Waals surface area contributed by atoms with Gasteiger partial charge in [-0.3, -0.25) is 0 Å². The monoisotopic (exact) mass is 409 g/mol. The minimum atomic E-state index is -0.888. The van der Waals surface area contributed by atoms with Crippen molar-refractivity contribution in [2.75, 3.05) is 13.2 Å². The molecule has 2 N–H and O–H groups in total. The Balaban J connectivity index is 0.00000280. The smallest absolute Gasteiger partial charge is 0.165 e. The zero-order chi connectivity index (χ0) is 19.2. The Morgan fingerprint density at radius 2 is 1.96 bits per heavy atom. The van der Waals surface area contributed by atoms with Crippen molar-refractivity contribution in [3.05, 3.63) is 83.9 Å². The number of aromatic nitrogens is 2. The third-order valence-corrected chi connectivity index (χ3v) is 4.12. The molecule has 0 aliphatic carbocycles. The van der Waals surface area contributed by atoms with E-state index in [9.17, 15) is 13.9 Å². The first-order chi connectivity index (χ1) is 13.0. The molecule has 3 rings (SSSR count). The molecule has 0 spiro atoms. The Kier molecular flexibility index (Phi) is 7.92. The number of aliphatic hydroxyl groups excluding tert-OH is 1. The zero-order valence-corrected chi connectivity index (χ0v) is 16.1.